The van der Waals surface area contributed by atoms with Crippen LogP contribution in [0.1, 0.15) is 76.6 Å². The van der Waals surface area contributed by atoms with Gasteiger partial charge in [-0.2, -0.15) is 0 Å². The van der Waals surface area contributed by atoms with E-state index in [-0.39, 0.29) is 16.2 Å². The summed E-state index contributed by atoms with van der Waals surface area (Å²) in [6.07, 6.45) is 2.40. The van der Waals surface area contributed by atoms with Crippen molar-refractivity contribution in [1.82, 2.24) is 0 Å². The molecule has 0 saturated carbocycles. The second kappa shape index (κ2) is 13.3. The fourth-order valence-electron chi connectivity index (χ4n) is 11.0. The zero-order chi connectivity index (χ0) is 41.0. The molecule has 0 bridgehead atoms. The lowest BCUT2D eigenvalue weighted by atomic mass is 9.61. The van der Waals surface area contributed by atoms with Gasteiger partial charge in [0.15, 0.2) is 0 Å². The van der Waals surface area contributed by atoms with Crippen LogP contribution in [0.4, 0.5) is 17.1 Å². The van der Waals surface area contributed by atoms with Crippen LogP contribution in [0.3, 0.4) is 0 Å². The van der Waals surface area contributed by atoms with Crippen LogP contribution in [-0.2, 0) is 16.2 Å². The van der Waals surface area contributed by atoms with E-state index in [2.05, 4.69) is 222 Å². The van der Waals surface area contributed by atoms with Gasteiger partial charge in [0.05, 0.1) is 5.69 Å². The van der Waals surface area contributed by atoms with Gasteiger partial charge >= 0.3 is 0 Å². The standard InChI is InChI=1S/C59H51N/c1-57(2)33-34-58(3,4)56-42(24-16-26-53(56)57)38-27-29-39(30-28-38)49-36-51-48-23-14-15-25-52(48)59(5,6)54(51)37-55(49)60(40-17-8-7-9-18-40)41-31-32-47-45-21-11-10-19-43(45)44-20-12-13-22-46(44)50(47)35-41/h7-32,35-37H,33-34H2,1-6H3. The monoisotopic (exact) mass is 773 g/mol. The predicted octanol–water partition coefficient (Wildman–Crippen LogP) is 16.6. The number of rotatable bonds is 5. The number of fused-ring (bicyclic) bond motifs is 10. The molecule has 0 aliphatic heterocycles. The molecular weight excluding hydrogens is 723 g/mol. The lowest BCUT2D eigenvalue weighted by Crippen LogP contribution is -2.34. The van der Waals surface area contributed by atoms with Gasteiger partial charge in [-0.25, -0.2) is 0 Å². The molecule has 9 aromatic rings. The topological polar surface area (TPSA) is 3.24 Å². The number of nitrogens with zero attached hydrogens (tertiary/aromatic N) is 1. The molecule has 1 heteroatoms. The first-order valence-electron chi connectivity index (χ1n) is 21.7. The van der Waals surface area contributed by atoms with Crippen LogP contribution < -0.4 is 4.90 Å². The molecule has 2 aliphatic carbocycles. The summed E-state index contributed by atoms with van der Waals surface area (Å²) in [7, 11) is 0. The molecule has 0 aromatic heterocycles. The summed E-state index contributed by atoms with van der Waals surface area (Å²) in [6.45, 7) is 14.5. The lowest BCUT2D eigenvalue weighted by molar-refractivity contribution is 0.333. The molecule has 0 atom stereocenters. The molecule has 0 N–H and O–H groups in total. The Morgan fingerprint density at radius 2 is 0.883 bits per heavy atom. The molecular formula is C59H51N. The number of hydrogen-bond acceptors (Lipinski definition) is 1. The van der Waals surface area contributed by atoms with Crippen molar-refractivity contribution in [2.75, 3.05) is 4.90 Å². The van der Waals surface area contributed by atoms with Crippen molar-refractivity contribution in [2.24, 2.45) is 0 Å². The fraction of sp³-hybridized carbons (Fsp3) is 0.186. The second-order valence-electron chi connectivity index (χ2n) is 19.2. The summed E-state index contributed by atoms with van der Waals surface area (Å²) >= 11 is 0. The second-order valence-corrected chi connectivity index (χ2v) is 19.2. The lowest BCUT2D eigenvalue weighted by Gasteiger charge is -2.43. The largest absolute Gasteiger partial charge is 0.310 e. The maximum Gasteiger partial charge on any atom is 0.0543 e. The van der Waals surface area contributed by atoms with Gasteiger partial charge in [0.1, 0.15) is 0 Å². The van der Waals surface area contributed by atoms with E-state index in [1.54, 1.807) is 0 Å². The Kier molecular flexibility index (Phi) is 8.11. The number of benzene rings is 9. The fourth-order valence-corrected chi connectivity index (χ4v) is 11.0. The van der Waals surface area contributed by atoms with Gasteiger partial charge < -0.3 is 4.90 Å². The summed E-state index contributed by atoms with van der Waals surface area (Å²) in [5, 5.41) is 7.68. The van der Waals surface area contributed by atoms with Crippen molar-refractivity contribution < 1.29 is 0 Å². The normalized spacial score (nSPS) is 15.8. The molecule has 292 valence electrons. The first-order chi connectivity index (χ1) is 29.0. The summed E-state index contributed by atoms with van der Waals surface area (Å²) in [6, 6.07) is 66.3. The number of anilines is 3. The van der Waals surface area contributed by atoms with Crippen molar-refractivity contribution in [3.05, 3.63) is 198 Å². The minimum absolute atomic E-state index is 0.112. The van der Waals surface area contributed by atoms with Crippen molar-refractivity contribution in [1.29, 1.82) is 0 Å². The highest BCUT2D eigenvalue weighted by atomic mass is 15.1. The molecule has 0 spiro atoms. The van der Waals surface area contributed by atoms with Gasteiger partial charge in [-0.1, -0.05) is 181 Å². The van der Waals surface area contributed by atoms with E-state index in [1.165, 1.54) is 106 Å². The van der Waals surface area contributed by atoms with Crippen LogP contribution in [0, 0.1) is 0 Å². The van der Waals surface area contributed by atoms with Gasteiger partial charge in [-0.15, -0.1) is 0 Å². The van der Waals surface area contributed by atoms with Gasteiger partial charge in [0, 0.05) is 22.4 Å². The molecule has 2 aliphatic rings. The Morgan fingerprint density at radius 1 is 0.350 bits per heavy atom. The van der Waals surface area contributed by atoms with Gasteiger partial charge in [-0.3, -0.25) is 0 Å². The quantitative estimate of drug-likeness (QED) is 0.157. The zero-order valence-electron chi connectivity index (χ0n) is 35.6. The van der Waals surface area contributed by atoms with Crippen LogP contribution >= 0.6 is 0 Å². The molecule has 11 rings (SSSR count). The Morgan fingerprint density at radius 3 is 1.57 bits per heavy atom. The number of para-hydroxylation sites is 1. The van der Waals surface area contributed by atoms with E-state index < -0.39 is 0 Å². The molecule has 0 radical (unpaired) electrons. The summed E-state index contributed by atoms with van der Waals surface area (Å²) in [5.41, 5.74) is 17.0. The maximum atomic E-state index is 2.51. The summed E-state index contributed by atoms with van der Waals surface area (Å²) in [5.74, 6) is 0. The van der Waals surface area contributed by atoms with E-state index in [9.17, 15) is 0 Å². The first-order valence-corrected chi connectivity index (χ1v) is 21.7. The Balaban J connectivity index is 1.16. The molecule has 60 heavy (non-hydrogen) atoms. The molecule has 1 nitrogen and oxygen atoms in total. The maximum absolute atomic E-state index is 2.51. The minimum Gasteiger partial charge on any atom is -0.310 e. The third kappa shape index (κ3) is 5.52. The minimum atomic E-state index is -0.156. The van der Waals surface area contributed by atoms with Crippen LogP contribution in [0.15, 0.2) is 176 Å². The van der Waals surface area contributed by atoms with E-state index in [0.717, 1.165) is 11.4 Å². The molecule has 0 unspecified atom stereocenters. The molecule has 0 amide bonds. The molecule has 0 heterocycles. The molecule has 0 saturated heterocycles. The predicted molar refractivity (Wildman–Crippen MR) is 257 cm³/mol. The average Bonchev–Trinajstić information content (AvgIpc) is 3.50. The third-order valence-corrected chi connectivity index (χ3v) is 14.3. The van der Waals surface area contributed by atoms with Gasteiger partial charge in [0.2, 0.25) is 0 Å². The van der Waals surface area contributed by atoms with E-state index in [1.807, 2.05) is 0 Å². The van der Waals surface area contributed by atoms with E-state index in [4.69, 9.17) is 0 Å². The highest BCUT2D eigenvalue weighted by Gasteiger charge is 2.39. The van der Waals surface area contributed by atoms with Crippen LogP contribution in [0.2, 0.25) is 0 Å². The third-order valence-electron chi connectivity index (χ3n) is 14.3. The van der Waals surface area contributed by atoms with Gasteiger partial charge in [-0.05, 0) is 142 Å². The molecule has 0 fully saturated rings. The Labute approximate surface area is 355 Å². The van der Waals surface area contributed by atoms with Crippen molar-refractivity contribution in [3.63, 3.8) is 0 Å². The number of hydrogen-bond donors (Lipinski definition) is 0. The van der Waals surface area contributed by atoms with Crippen LogP contribution in [0.5, 0.6) is 0 Å². The van der Waals surface area contributed by atoms with E-state index >= 15 is 0 Å². The van der Waals surface area contributed by atoms with Crippen molar-refractivity contribution >= 4 is 49.4 Å². The molecule has 9 aromatic carbocycles. The highest BCUT2D eigenvalue weighted by Crippen LogP contribution is 2.54. The van der Waals surface area contributed by atoms with Gasteiger partial charge in [0.25, 0.3) is 0 Å². The highest BCUT2D eigenvalue weighted by molar-refractivity contribution is 6.25. The summed E-state index contributed by atoms with van der Waals surface area (Å²) in [4.78, 5) is 2.50. The Bertz CT molecular complexity index is 3130. The van der Waals surface area contributed by atoms with Crippen molar-refractivity contribution in [2.45, 2.75) is 70.6 Å². The SMILES string of the molecule is CC1(C)CCC(C)(C)c2c(-c3ccc(-c4cc5c(cc4N(c4ccccc4)c4ccc6c7ccccc7c7ccccc7c6c4)C(C)(C)c4ccccc4-5)cc3)cccc21. The smallest absolute Gasteiger partial charge is 0.0543 e. The summed E-state index contributed by atoms with van der Waals surface area (Å²) < 4.78 is 0. The zero-order valence-corrected chi connectivity index (χ0v) is 35.6. The van der Waals surface area contributed by atoms with Crippen LogP contribution in [0.25, 0.3) is 65.7 Å². The van der Waals surface area contributed by atoms with E-state index in [0.29, 0.717) is 0 Å². The average molecular weight is 774 g/mol. The first kappa shape index (κ1) is 36.6. The Hall–Kier alpha value is -6.44. The van der Waals surface area contributed by atoms with Crippen LogP contribution in [-0.4, -0.2) is 0 Å². The van der Waals surface area contributed by atoms with Crippen molar-refractivity contribution in [3.8, 4) is 33.4 Å².